The van der Waals surface area contributed by atoms with Gasteiger partial charge in [0, 0.05) is 38.1 Å². The van der Waals surface area contributed by atoms with E-state index in [0.29, 0.717) is 16.3 Å². The molecule has 0 aliphatic heterocycles. The van der Waals surface area contributed by atoms with Crippen LogP contribution in [-0.4, -0.2) is 62.2 Å². The van der Waals surface area contributed by atoms with Gasteiger partial charge in [0.05, 0.1) is 5.69 Å². The Morgan fingerprint density at radius 2 is 1.46 bits per heavy atom. The smallest absolute Gasteiger partial charge is 0.304 e. The van der Waals surface area contributed by atoms with E-state index < -0.39 is 28.7 Å². The van der Waals surface area contributed by atoms with Gasteiger partial charge < -0.3 is 10.2 Å². The molecule has 0 saturated carbocycles. The van der Waals surface area contributed by atoms with Crippen molar-refractivity contribution in [3.8, 4) is 0 Å². The fourth-order valence-electron chi connectivity index (χ4n) is 4.08. The Hall–Kier alpha value is -3.40. The van der Waals surface area contributed by atoms with Gasteiger partial charge in [-0.3, -0.25) is 9.59 Å². The lowest BCUT2D eigenvalue weighted by Gasteiger charge is -2.34. The molecule has 10 heteroatoms. The first-order chi connectivity index (χ1) is 18.5. The highest BCUT2D eigenvalue weighted by molar-refractivity contribution is 7.90. The summed E-state index contributed by atoms with van der Waals surface area (Å²) >= 11 is 6.23. The van der Waals surface area contributed by atoms with Crippen molar-refractivity contribution >= 4 is 39.3 Å². The summed E-state index contributed by atoms with van der Waals surface area (Å²) in [7, 11) is -1.21. The minimum absolute atomic E-state index is 0.0625. The predicted molar refractivity (Wildman–Crippen MR) is 156 cm³/mol. The van der Waals surface area contributed by atoms with E-state index in [1.165, 1.54) is 19.0 Å². The van der Waals surface area contributed by atoms with Crippen LogP contribution in [-0.2, 0) is 32.8 Å². The molecule has 3 aromatic rings. The van der Waals surface area contributed by atoms with Crippen molar-refractivity contribution in [1.82, 2.24) is 14.5 Å². The molecular weight excluding hydrogens is 536 g/mol. The zero-order valence-electron chi connectivity index (χ0n) is 22.6. The molecule has 0 aliphatic carbocycles. The second-order valence-corrected chi connectivity index (χ2v) is 12.2. The van der Waals surface area contributed by atoms with Crippen molar-refractivity contribution in [2.24, 2.45) is 0 Å². The van der Waals surface area contributed by atoms with E-state index in [1.807, 2.05) is 50.2 Å². The molecule has 0 saturated heterocycles. The highest BCUT2D eigenvalue weighted by Gasteiger charge is 2.34. The number of amides is 2. The average molecular weight is 571 g/mol. The summed E-state index contributed by atoms with van der Waals surface area (Å²) in [5, 5.41) is 3.42. The van der Waals surface area contributed by atoms with Crippen molar-refractivity contribution in [2.45, 2.75) is 38.9 Å². The number of rotatable bonds is 12. The van der Waals surface area contributed by atoms with Gasteiger partial charge in [-0.1, -0.05) is 72.3 Å². The van der Waals surface area contributed by atoms with Gasteiger partial charge in [0.25, 0.3) is 0 Å². The number of carbonyl (C=O) groups is 2. The van der Waals surface area contributed by atoms with Gasteiger partial charge in [0.15, 0.2) is 0 Å². The highest BCUT2D eigenvalue weighted by atomic mass is 35.5. The van der Waals surface area contributed by atoms with Crippen LogP contribution in [0, 0.1) is 0 Å². The van der Waals surface area contributed by atoms with Gasteiger partial charge in [-0.05, 0) is 49.2 Å². The molecular formula is C29H35ClN4O4S. The van der Waals surface area contributed by atoms with Gasteiger partial charge in [0.2, 0.25) is 11.8 Å². The fraction of sp³-hybridized carbons (Fsp3) is 0.310. The van der Waals surface area contributed by atoms with Crippen LogP contribution in [0.15, 0.2) is 84.9 Å². The molecule has 0 fully saturated rings. The number of para-hydroxylation sites is 1. The second-order valence-electron chi connectivity index (χ2n) is 9.65. The molecule has 0 aromatic heterocycles. The Bertz CT molecular complexity index is 1350. The minimum atomic E-state index is -4.03. The third kappa shape index (κ3) is 8.29. The first-order valence-corrected chi connectivity index (χ1v) is 14.4. The molecule has 0 aliphatic rings. The molecule has 208 valence electrons. The van der Waals surface area contributed by atoms with E-state index in [2.05, 4.69) is 5.32 Å². The van der Waals surface area contributed by atoms with Crippen molar-refractivity contribution < 1.29 is 18.0 Å². The summed E-state index contributed by atoms with van der Waals surface area (Å²) in [6, 6.07) is 23.8. The molecule has 0 unspecified atom stereocenters. The maximum atomic E-state index is 14.1. The number of nitrogens with one attached hydrogen (secondary N) is 1. The lowest BCUT2D eigenvalue weighted by Crippen LogP contribution is -2.55. The van der Waals surface area contributed by atoms with Crippen LogP contribution in [0.1, 0.15) is 25.0 Å². The molecule has 1 atom stereocenters. The normalized spacial score (nSPS) is 12.3. The number of nitrogens with zero attached hydrogens (tertiary/aromatic N) is 3. The van der Waals surface area contributed by atoms with Crippen LogP contribution in [0.25, 0.3) is 0 Å². The number of hydrogen-bond donors (Lipinski definition) is 1. The second kappa shape index (κ2) is 13.6. The number of anilines is 1. The molecule has 39 heavy (non-hydrogen) atoms. The fourth-order valence-corrected chi connectivity index (χ4v) is 5.35. The third-order valence-electron chi connectivity index (χ3n) is 6.01. The summed E-state index contributed by atoms with van der Waals surface area (Å²) < 4.78 is 28.7. The quantitative estimate of drug-likeness (QED) is 0.355. The topological polar surface area (TPSA) is 90.0 Å². The summed E-state index contributed by atoms with van der Waals surface area (Å²) in [4.78, 5) is 29.1. The van der Waals surface area contributed by atoms with Gasteiger partial charge in [-0.25, -0.2) is 4.31 Å². The Kier molecular flexibility index (Phi) is 10.5. The van der Waals surface area contributed by atoms with E-state index in [1.54, 1.807) is 48.5 Å². The zero-order chi connectivity index (χ0) is 28.6. The first-order valence-electron chi connectivity index (χ1n) is 12.6. The minimum Gasteiger partial charge on any atom is -0.352 e. The van der Waals surface area contributed by atoms with Crippen LogP contribution in [0.4, 0.5) is 5.69 Å². The van der Waals surface area contributed by atoms with Crippen molar-refractivity contribution in [1.29, 1.82) is 0 Å². The predicted octanol–water partition coefficient (Wildman–Crippen LogP) is 4.12. The molecule has 2 amide bonds. The number of hydrogen-bond acceptors (Lipinski definition) is 4. The summed E-state index contributed by atoms with van der Waals surface area (Å²) in [5.74, 6) is -0.852. The molecule has 0 radical (unpaired) electrons. The highest BCUT2D eigenvalue weighted by Crippen LogP contribution is 2.22. The average Bonchev–Trinajstić information content (AvgIpc) is 2.89. The molecule has 1 N–H and O–H groups in total. The van der Waals surface area contributed by atoms with Crippen molar-refractivity contribution in [2.75, 3.05) is 24.9 Å². The third-order valence-corrected chi connectivity index (χ3v) is 8.06. The van der Waals surface area contributed by atoms with E-state index in [-0.39, 0.29) is 24.9 Å². The zero-order valence-corrected chi connectivity index (χ0v) is 24.2. The van der Waals surface area contributed by atoms with Crippen LogP contribution >= 0.6 is 11.6 Å². The number of carbonyl (C=O) groups excluding carboxylic acids is 2. The van der Waals surface area contributed by atoms with Gasteiger partial charge in [-0.2, -0.15) is 12.7 Å². The molecule has 3 aromatic carbocycles. The summed E-state index contributed by atoms with van der Waals surface area (Å²) in [6.45, 7) is 3.27. The summed E-state index contributed by atoms with van der Waals surface area (Å²) in [6.07, 6.45) is 0.247. The maximum Gasteiger partial charge on any atom is 0.304 e. The lowest BCUT2D eigenvalue weighted by atomic mass is 10.0. The monoisotopic (exact) mass is 570 g/mol. The molecule has 0 spiro atoms. The van der Waals surface area contributed by atoms with Crippen LogP contribution in [0.2, 0.25) is 5.02 Å². The molecule has 0 bridgehead atoms. The molecule has 8 nitrogen and oxygen atoms in total. The Balaban J connectivity index is 2.08. The van der Waals surface area contributed by atoms with Crippen molar-refractivity contribution in [3.05, 3.63) is 101 Å². The van der Waals surface area contributed by atoms with Gasteiger partial charge in [0.1, 0.15) is 12.6 Å². The van der Waals surface area contributed by atoms with E-state index in [0.717, 1.165) is 14.2 Å². The lowest BCUT2D eigenvalue weighted by molar-refractivity contribution is -0.140. The van der Waals surface area contributed by atoms with Crippen LogP contribution in [0.5, 0.6) is 0 Å². The Labute approximate surface area is 236 Å². The van der Waals surface area contributed by atoms with E-state index >= 15 is 0 Å². The van der Waals surface area contributed by atoms with Gasteiger partial charge in [-0.15, -0.1) is 0 Å². The molecule has 0 heterocycles. The Morgan fingerprint density at radius 1 is 0.872 bits per heavy atom. The first kappa shape index (κ1) is 30.1. The summed E-state index contributed by atoms with van der Waals surface area (Å²) in [5.41, 5.74) is 1.92. The number of benzene rings is 3. The van der Waals surface area contributed by atoms with E-state index in [9.17, 15) is 18.0 Å². The van der Waals surface area contributed by atoms with Crippen molar-refractivity contribution in [3.63, 3.8) is 0 Å². The standard InChI is InChI=1S/C29H35ClN4O4S/c1-22(2)31-29(36)27(19-23-12-7-5-8-13-23)33(20-24-14-11-15-25(30)18-24)28(35)21-34(39(37,38)32(3)4)26-16-9-6-10-17-26/h5-18,22,27H,19-21H2,1-4H3,(H,31,36)/t27-/m0/s1. The SMILES string of the molecule is CC(C)NC(=O)[C@H](Cc1ccccc1)N(Cc1cccc(Cl)c1)C(=O)CN(c1ccccc1)S(=O)(=O)N(C)C. The van der Waals surface area contributed by atoms with Crippen LogP contribution < -0.4 is 9.62 Å². The van der Waals surface area contributed by atoms with Crippen LogP contribution in [0.3, 0.4) is 0 Å². The largest absolute Gasteiger partial charge is 0.352 e. The van der Waals surface area contributed by atoms with Gasteiger partial charge >= 0.3 is 10.2 Å². The van der Waals surface area contributed by atoms with E-state index in [4.69, 9.17) is 11.6 Å². The Morgan fingerprint density at radius 3 is 2.03 bits per heavy atom. The molecule has 3 rings (SSSR count). The number of halogens is 1. The maximum absolute atomic E-state index is 14.1.